The summed E-state index contributed by atoms with van der Waals surface area (Å²) in [7, 11) is 0. The Labute approximate surface area is 205 Å². The molecule has 0 spiro atoms. The number of unbranched alkanes of at least 4 members (excludes halogenated alkanes) is 3. The van der Waals surface area contributed by atoms with E-state index in [0.717, 1.165) is 19.3 Å². The van der Waals surface area contributed by atoms with Crippen molar-refractivity contribution in [3.05, 3.63) is 59.7 Å². The summed E-state index contributed by atoms with van der Waals surface area (Å²) in [6.07, 6.45) is 3.07. The lowest BCUT2D eigenvalue weighted by Gasteiger charge is -2.32. The normalized spacial score (nSPS) is 16.9. The molecule has 2 aromatic rings. The molecule has 1 heterocycles. The Morgan fingerprint density at radius 3 is 2.31 bits per heavy atom. The van der Waals surface area contributed by atoms with Gasteiger partial charge in [-0.3, -0.25) is 4.79 Å². The Morgan fingerprint density at radius 2 is 1.63 bits per heavy atom. The van der Waals surface area contributed by atoms with Crippen molar-refractivity contribution < 1.29 is 29.0 Å². The average Bonchev–Trinajstić information content (AvgIpc) is 3.20. The predicted octanol–water partition coefficient (Wildman–Crippen LogP) is 3.79. The molecule has 1 unspecified atom stereocenters. The highest BCUT2D eigenvalue weighted by Crippen LogP contribution is 2.44. The van der Waals surface area contributed by atoms with Crippen LogP contribution in [0.3, 0.4) is 0 Å². The van der Waals surface area contributed by atoms with E-state index in [0.29, 0.717) is 39.1 Å². The molecule has 2 amide bonds. The lowest BCUT2D eigenvalue weighted by molar-refractivity contribution is -0.158. The molecule has 0 aromatic heterocycles. The topological polar surface area (TPSA) is 105 Å². The van der Waals surface area contributed by atoms with Crippen LogP contribution < -0.4 is 5.32 Å². The standard InChI is InChI=1S/C27H32N2O6/c30-25(29-15-16-34-18-24(29)26(31)32)13-3-1-2-8-14-28-27(33)35-17-23-21-11-6-4-9-19(21)20-10-5-7-12-22(20)23/h4-7,9-12,23-24H,1-3,8,13-18H2,(H,28,33)(H,31,32). The Balaban J connectivity index is 1.11. The SMILES string of the molecule is O=C(NCCCCCCC(=O)N1CCOCC1C(=O)O)OCC1c2ccccc2-c2ccccc21. The van der Waals surface area contributed by atoms with Crippen molar-refractivity contribution >= 4 is 18.0 Å². The van der Waals surface area contributed by atoms with Gasteiger partial charge in [0.15, 0.2) is 6.04 Å². The number of morpholine rings is 1. The van der Waals surface area contributed by atoms with Gasteiger partial charge in [0.2, 0.25) is 5.91 Å². The van der Waals surface area contributed by atoms with Crippen molar-refractivity contribution in [3.8, 4) is 11.1 Å². The second-order valence-corrected chi connectivity index (χ2v) is 8.93. The highest BCUT2D eigenvalue weighted by Gasteiger charge is 2.32. The number of carbonyl (C=O) groups is 3. The summed E-state index contributed by atoms with van der Waals surface area (Å²) >= 11 is 0. The molecule has 1 aliphatic heterocycles. The van der Waals surface area contributed by atoms with Gasteiger partial charge in [0.25, 0.3) is 0 Å². The summed E-state index contributed by atoms with van der Waals surface area (Å²) in [6.45, 7) is 1.54. The van der Waals surface area contributed by atoms with E-state index < -0.39 is 18.1 Å². The molecule has 186 valence electrons. The number of hydrogen-bond donors (Lipinski definition) is 2. The van der Waals surface area contributed by atoms with Crippen molar-refractivity contribution in [1.29, 1.82) is 0 Å². The van der Waals surface area contributed by atoms with Crippen LogP contribution >= 0.6 is 0 Å². The van der Waals surface area contributed by atoms with Crippen molar-refractivity contribution in [2.24, 2.45) is 0 Å². The van der Waals surface area contributed by atoms with Crippen LogP contribution in [0, 0.1) is 0 Å². The molecule has 2 aromatic carbocycles. The maximum Gasteiger partial charge on any atom is 0.407 e. The molecule has 0 saturated carbocycles. The third-order valence-corrected chi connectivity index (χ3v) is 6.66. The van der Waals surface area contributed by atoms with Crippen LogP contribution in [0.25, 0.3) is 11.1 Å². The van der Waals surface area contributed by atoms with E-state index >= 15 is 0 Å². The maximum absolute atomic E-state index is 12.4. The number of alkyl carbamates (subject to hydrolysis) is 1. The fourth-order valence-corrected chi connectivity index (χ4v) is 4.85. The van der Waals surface area contributed by atoms with Gasteiger partial charge >= 0.3 is 12.1 Å². The first kappa shape index (κ1) is 24.7. The van der Waals surface area contributed by atoms with Crippen molar-refractivity contribution in [2.45, 2.75) is 44.1 Å². The lowest BCUT2D eigenvalue weighted by Crippen LogP contribution is -2.52. The van der Waals surface area contributed by atoms with Crippen molar-refractivity contribution in [2.75, 3.05) is 32.9 Å². The number of fused-ring (bicyclic) bond motifs is 3. The van der Waals surface area contributed by atoms with Crippen LogP contribution in [0.2, 0.25) is 0 Å². The minimum Gasteiger partial charge on any atom is -0.480 e. The van der Waals surface area contributed by atoms with Gasteiger partial charge in [-0.1, -0.05) is 61.4 Å². The number of rotatable bonds is 10. The third-order valence-electron chi connectivity index (χ3n) is 6.66. The first-order chi connectivity index (χ1) is 17.1. The fourth-order valence-electron chi connectivity index (χ4n) is 4.85. The molecule has 1 aliphatic carbocycles. The summed E-state index contributed by atoms with van der Waals surface area (Å²) in [6, 6.07) is 15.6. The summed E-state index contributed by atoms with van der Waals surface area (Å²) in [5.74, 6) is -1.13. The van der Waals surface area contributed by atoms with Gasteiger partial charge in [0.05, 0.1) is 13.2 Å². The van der Waals surface area contributed by atoms with E-state index in [2.05, 4.69) is 29.6 Å². The van der Waals surface area contributed by atoms with Crippen LogP contribution in [0.5, 0.6) is 0 Å². The number of aliphatic carboxylic acids is 1. The van der Waals surface area contributed by atoms with Crippen molar-refractivity contribution in [3.63, 3.8) is 0 Å². The quantitative estimate of drug-likeness (QED) is 0.502. The van der Waals surface area contributed by atoms with Gasteiger partial charge in [0, 0.05) is 25.4 Å². The highest BCUT2D eigenvalue weighted by molar-refractivity contribution is 5.84. The van der Waals surface area contributed by atoms with Crippen molar-refractivity contribution in [1.82, 2.24) is 10.2 Å². The van der Waals surface area contributed by atoms with Crippen LogP contribution in [0.4, 0.5) is 4.79 Å². The third kappa shape index (κ3) is 6.00. The van der Waals surface area contributed by atoms with E-state index in [1.54, 1.807) is 0 Å². The second-order valence-electron chi connectivity index (χ2n) is 8.93. The van der Waals surface area contributed by atoms with Crippen LogP contribution in [-0.4, -0.2) is 66.9 Å². The first-order valence-electron chi connectivity index (χ1n) is 12.2. The average molecular weight is 481 g/mol. The van der Waals surface area contributed by atoms with E-state index in [-0.39, 0.29) is 18.4 Å². The van der Waals surface area contributed by atoms with Gasteiger partial charge < -0.3 is 24.8 Å². The first-order valence-corrected chi connectivity index (χ1v) is 12.2. The number of carboxylic acid groups (broad SMARTS) is 1. The molecule has 8 nitrogen and oxygen atoms in total. The molecule has 1 fully saturated rings. The van der Waals surface area contributed by atoms with Crippen LogP contribution in [0.15, 0.2) is 48.5 Å². The summed E-state index contributed by atoms with van der Waals surface area (Å²) in [5.41, 5.74) is 4.76. The number of carbonyl (C=O) groups excluding carboxylic acids is 2. The molecule has 8 heteroatoms. The zero-order chi connectivity index (χ0) is 24.6. The zero-order valence-electron chi connectivity index (χ0n) is 19.8. The Morgan fingerprint density at radius 1 is 0.971 bits per heavy atom. The number of nitrogens with zero attached hydrogens (tertiary/aromatic N) is 1. The summed E-state index contributed by atoms with van der Waals surface area (Å²) < 4.78 is 10.7. The van der Waals surface area contributed by atoms with Gasteiger partial charge in [-0.05, 0) is 35.1 Å². The number of benzene rings is 2. The van der Waals surface area contributed by atoms with E-state index in [9.17, 15) is 19.5 Å². The predicted molar refractivity (Wildman–Crippen MR) is 130 cm³/mol. The molecule has 4 rings (SSSR count). The smallest absolute Gasteiger partial charge is 0.407 e. The summed E-state index contributed by atoms with van der Waals surface area (Å²) in [5, 5.41) is 12.0. The Bertz CT molecular complexity index is 1010. The van der Waals surface area contributed by atoms with E-state index in [1.165, 1.54) is 27.2 Å². The van der Waals surface area contributed by atoms with E-state index in [1.807, 2.05) is 24.3 Å². The fraction of sp³-hybridized carbons (Fsp3) is 0.444. The number of nitrogens with one attached hydrogen (secondary N) is 1. The zero-order valence-corrected chi connectivity index (χ0v) is 19.8. The number of ether oxygens (including phenoxy) is 2. The van der Waals surface area contributed by atoms with Gasteiger partial charge in [-0.15, -0.1) is 0 Å². The molecule has 0 bridgehead atoms. The van der Waals surface area contributed by atoms with Crippen LogP contribution in [-0.2, 0) is 19.1 Å². The molecule has 35 heavy (non-hydrogen) atoms. The minimum absolute atomic E-state index is 0.0397. The molecular formula is C27H32N2O6. The maximum atomic E-state index is 12.4. The number of amides is 2. The molecule has 1 atom stereocenters. The monoisotopic (exact) mass is 480 g/mol. The van der Waals surface area contributed by atoms with Crippen LogP contribution in [0.1, 0.15) is 49.1 Å². The molecule has 2 aliphatic rings. The highest BCUT2D eigenvalue weighted by atomic mass is 16.5. The molecular weight excluding hydrogens is 448 g/mol. The largest absolute Gasteiger partial charge is 0.480 e. The minimum atomic E-state index is -1.03. The second kappa shape index (κ2) is 11.8. The number of hydrogen-bond acceptors (Lipinski definition) is 5. The molecule has 0 radical (unpaired) electrons. The number of carboxylic acids is 1. The van der Waals surface area contributed by atoms with E-state index in [4.69, 9.17) is 9.47 Å². The summed E-state index contributed by atoms with van der Waals surface area (Å²) in [4.78, 5) is 37.3. The Kier molecular flexibility index (Phi) is 8.36. The van der Waals surface area contributed by atoms with Gasteiger partial charge in [0.1, 0.15) is 6.61 Å². The van der Waals surface area contributed by atoms with Gasteiger partial charge in [-0.2, -0.15) is 0 Å². The molecule has 1 saturated heterocycles. The lowest BCUT2D eigenvalue weighted by atomic mass is 9.98. The Hall–Kier alpha value is -3.39. The molecule has 2 N–H and O–H groups in total. The van der Waals surface area contributed by atoms with Gasteiger partial charge in [-0.25, -0.2) is 9.59 Å².